The van der Waals surface area contributed by atoms with Crippen LogP contribution >= 0.6 is 15.6 Å². The summed E-state index contributed by atoms with van der Waals surface area (Å²) in [4.78, 5) is 54.4. The number of hydrogen-bond acceptors (Lipinski definition) is 14. The Hall–Kier alpha value is -3.90. The third kappa shape index (κ3) is 35.3. The summed E-state index contributed by atoms with van der Waals surface area (Å²) < 4.78 is 49.2. The molecule has 1 fully saturated rings. The maximum absolute atomic E-state index is 13.0. The summed E-state index contributed by atoms with van der Waals surface area (Å²) in [6, 6.07) is 0. The molecule has 1 rings (SSSR count). The van der Waals surface area contributed by atoms with Crippen molar-refractivity contribution in [3.63, 3.8) is 0 Å². The highest BCUT2D eigenvalue weighted by Gasteiger charge is 2.54. The van der Waals surface area contributed by atoms with Crippen molar-refractivity contribution in [3.05, 3.63) is 134 Å². The van der Waals surface area contributed by atoms with Crippen molar-refractivity contribution < 1.29 is 82.0 Å². The molecule has 0 spiro atoms. The van der Waals surface area contributed by atoms with Gasteiger partial charge in [0.05, 0.1) is 12.7 Å². The average molecular weight is 1050 g/mol. The van der Waals surface area contributed by atoms with E-state index < -0.39 is 89.6 Å². The van der Waals surface area contributed by atoms with Gasteiger partial charge >= 0.3 is 27.6 Å². The number of aliphatic hydroxyl groups excluding tert-OH is 5. The van der Waals surface area contributed by atoms with Crippen molar-refractivity contribution >= 4 is 27.6 Å². The Labute approximate surface area is 426 Å². The number of unbranched alkanes of at least 4 members (excludes halogenated alkanes) is 3. The summed E-state index contributed by atoms with van der Waals surface area (Å²) in [6.45, 7) is 2.64. The Kier molecular flexibility index (Phi) is 38.1. The number of hydrogen-bond donors (Lipinski definition) is 8. The maximum atomic E-state index is 13.0. The molecule has 72 heavy (non-hydrogen) atoms. The molecule has 6 unspecified atom stereocenters. The summed E-state index contributed by atoms with van der Waals surface area (Å²) in [5.74, 6) is -1.54. The number of ether oxygens (including phenoxy) is 2. The van der Waals surface area contributed by atoms with E-state index in [1.165, 1.54) is 6.08 Å². The van der Waals surface area contributed by atoms with Crippen molar-refractivity contribution in [1.82, 2.24) is 0 Å². The van der Waals surface area contributed by atoms with Crippen LogP contribution in [0.5, 0.6) is 0 Å². The lowest BCUT2D eigenvalue weighted by atomic mass is 9.85. The molecule has 9 atom stereocenters. The van der Waals surface area contributed by atoms with Crippen LogP contribution < -0.4 is 0 Å². The molecule has 0 bridgehead atoms. The van der Waals surface area contributed by atoms with Gasteiger partial charge in [-0.3, -0.25) is 23.2 Å². The van der Waals surface area contributed by atoms with Crippen LogP contribution in [0.3, 0.4) is 0 Å². The summed E-state index contributed by atoms with van der Waals surface area (Å²) in [7, 11) is -10.8. The van der Waals surface area contributed by atoms with Crippen molar-refractivity contribution in [2.75, 3.05) is 13.2 Å². The molecule has 0 saturated heterocycles. The molecule has 1 aliphatic carbocycles. The Morgan fingerprint density at radius 1 is 0.514 bits per heavy atom. The van der Waals surface area contributed by atoms with Crippen molar-refractivity contribution in [2.45, 2.75) is 172 Å². The zero-order valence-corrected chi connectivity index (χ0v) is 43.7. The normalized spacial score (nSPS) is 22.3. The Bertz CT molecular complexity index is 1910. The Balaban J connectivity index is 2.70. The van der Waals surface area contributed by atoms with E-state index in [4.69, 9.17) is 18.5 Å². The second-order valence-electron chi connectivity index (χ2n) is 16.6. The van der Waals surface area contributed by atoms with Crippen LogP contribution in [-0.4, -0.2) is 114 Å². The molecule has 406 valence electrons. The standard InChI is InChI=1S/C53H82O17P2/c1-3-5-7-9-11-13-15-17-19-21-22-23-25-27-29-31-33-35-37-39-46(55)66-42-45(43-67-72(64,65)70-53-50(59)48(57)49(58)52(51(53)60)69-71(61,62)63)68-47(56)41-40-44(54)38-36-34-32-30-28-26-24-20-18-16-14-12-10-8-6-4-2/h5-8,11-14,17-20,22-23,26-29,32,34,36,38,44-45,48-54,57-60H,3-4,9-10,15-16,21,24-25,30-31,33,35,37,39-43H2,1-2H3,(H,64,65)(H2,61,62,63)/b7-5-,8-6-,13-11-,14-12-,19-17-,20-18-,23-22-,28-26-,29-27-,34-32-,38-36-/t44?,45-,48?,49?,50?,51?,52-,53+/m1/s1. The third-order valence-electron chi connectivity index (χ3n) is 10.3. The van der Waals surface area contributed by atoms with Gasteiger partial charge in [-0.1, -0.05) is 154 Å². The van der Waals surface area contributed by atoms with Crippen molar-refractivity contribution in [1.29, 1.82) is 0 Å². The molecule has 0 amide bonds. The van der Waals surface area contributed by atoms with Crippen LogP contribution in [-0.2, 0) is 41.8 Å². The Morgan fingerprint density at radius 3 is 1.46 bits per heavy atom. The van der Waals surface area contributed by atoms with Crippen molar-refractivity contribution in [3.8, 4) is 0 Å². The molecule has 8 N–H and O–H groups in total. The zero-order chi connectivity index (χ0) is 53.3. The second kappa shape index (κ2) is 41.5. The molecule has 19 heteroatoms. The van der Waals surface area contributed by atoms with Crippen LogP contribution in [0.1, 0.15) is 123 Å². The number of rotatable bonds is 39. The summed E-state index contributed by atoms with van der Waals surface area (Å²) >= 11 is 0. The summed E-state index contributed by atoms with van der Waals surface area (Å²) in [5, 5.41) is 51.7. The lowest BCUT2D eigenvalue weighted by Crippen LogP contribution is -2.64. The topological polar surface area (TPSA) is 276 Å². The fourth-order valence-corrected chi connectivity index (χ4v) is 8.05. The maximum Gasteiger partial charge on any atom is 0.472 e. The lowest BCUT2D eigenvalue weighted by molar-refractivity contribution is -0.216. The first-order valence-corrected chi connectivity index (χ1v) is 27.9. The molecule has 0 aromatic rings. The second-order valence-corrected chi connectivity index (χ2v) is 19.2. The van der Waals surface area contributed by atoms with E-state index in [0.717, 1.165) is 77.0 Å². The molecule has 1 aliphatic rings. The molecule has 0 aromatic carbocycles. The fourth-order valence-electron chi connectivity index (χ4n) is 6.51. The number of phosphoric acid groups is 2. The first-order valence-electron chi connectivity index (χ1n) is 24.8. The molecular weight excluding hydrogens is 971 g/mol. The highest BCUT2D eigenvalue weighted by Crippen LogP contribution is 2.49. The van der Waals surface area contributed by atoms with Gasteiger partial charge in [0.1, 0.15) is 43.2 Å². The first kappa shape index (κ1) is 66.1. The molecule has 1 saturated carbocycles. The fraction of sp³-hybridized carbons (Fsp3) is 0.547. The van der Waals surface area contributed by atoms with E-state index in [9.17, 15) is 58.9 Å². The molecule has 0 radical (unpaired) electrons. The number of carbonyl (C=O) groups is 2. The van der Waals surface area contributed by atoms with E-state index >= 15 is 0 Å². The molecule has 0 aliphatic heterocycles. The first-order chi connectivity index (χ1) is 34.5. The van der Waals surface area contributed by atoms with Crippen LogP contribution in [0, 0.1) is 0 Å². The largest absolute Gasteiger partial charge is 0.472 e. The smallest absolute Gasteiger partial charge is 0.462 e. The molecule has 0 aromatic heterocycles. The number of allylic oxidation sites excluding steroid dienone is 21. The van der Waals surface area contributed by atoms with Gasteiger partial charge in [0.2, 0.25) is 0 Å². The van der Waals surface area contributed by atoms with Crippen LogP contribution in [0.2, 0.25) is 0 Å². The van der Waals surface area contributed by atoms with Gasteiger partial charge in [-0.2, -0.15) is 0 Å². The minimum absolute atomic E-state index is 0.0225. The lowest BCUT2D eigenvalue weighted by Gasteiger charge is -2.43. The van der Waals surface area contributed by atoms with Gasteiger partial charge in [0.25, 0.3) is 0 Å². The number of phosphoric ester groups is 2. The van der Waals surface area contributed by atoms with Gasteiger partial charge < -0.3 is 49.7 Å². The highest BCUT2D eigenvalue weighted by molar-refractivity contribution is 7.47. The molecular formula is C53H82O17P2. The Morgan fingerprint density at radius 2 is 0.972 bits per heavy atom. The summed E-state index contributed by atoms with van der Waals surface area (Å²) in [6.07, 6.45) is 40.0. The number of carbonyl (C=O) groups excluding carboxylic acids is 2. The van der Waals surface area contributed by atoms with Crippen LogP contribution in [0.25, 0.3) is 0 Å². The van der Waals surface area contributed by atoms with E-state index in [2.05, 4.69) is 116 Å². The minimum Gasteiger partial charge on any atom is -0.462 e. The predicted molar refractivity (Wildman–Crippen MR) is 279 cm³/mol. The molecule has 17 nitrogen and oxygen atoms in total. The number of esters is 2. The monoisotopic (exact) mass is 1050 g/mol. The van der Waals surface area contributed by atoms with Gasteiger partial charge in [0.15, 0.2) is 6.10 Å². The SMILES string of the molecule is CC/C=C\C/C=C\C/C=C\C/C=C\C/C=C\C=C/C(O)CCC(=O)O[C@H](COC(=O)CCCCC/C=C\C/C=C\C/C=C\C/C=C\C/C=C\CC)COP(=O)(O)O[C@H]1C(O)C(O)C(O)[C@@H](OP(=O)(O)O)C1O. The van der Waals surface area contributed by atoms with Gasteiger partial charge in [-0.25, -0.2) is 9.13 Å². The van der Waals surface area contributed by atoms with Gasteiger partial charge in [0, 0.05) is 12.8 Å². The van der Waals surface area contributed by atoms with Gasteiger partial charge in [-0.15, -0.1) is 0 Å². The quantitative estimate of drug-likeness (QED) is 0.00937. The zero-order valence-electron chi connectivity index (χ0n) is 41.9. The minimum atomic E-state index is -5.40. The van der Waals surface area contributed by atoms with E-state index in [1.54, 1.807) is 12.2 Å². The molecule has 0 heterocycles. The van der Waals surface area contributed by atoms with Crippen LogP contribution in [0.4, 0.5) is 0 Å². The van der Waals surface area contributed by atoms with E-state index in [-0.39, 0.29) is 19.3 Å². The third-order valence-corrected chi connectivity index (χ3v) is 11.8. The van der Waals surface area contributed by atoms with Gasteiger partial charge in [-0.05, 0) is 89.9 Å². The van der Waals surface area contributed by atoms with E-state index in [0.29, 0.717) is 12.8 Å². The summed E-state index contributed by atoms with van der Waals surface area (Å²) in [5.41, 5.74) is 0. The number of aliphatic hydroxyl groups is 5. The van der Waals surface area contributed by atoms with Crippen LogP contribution in [0.15, 0.2) is 134 Å². The predicted octanol–water partition coefficient (Wildman–Crippen LogP) is 9.03. The highest BCUT2D eigenvalue weighted by atomic mass is 31.2. The average Bonchev–Trinajstić information content (AvgIpc) is 3.34. The van der Waals surface area contributed by atoms with Crippen molar-refractivity contribution in [2.24, 2.45) is 0 Å². The van der Waals surface area contributed by atoms with E-state index in [1.807, 2.05) is 18.2 Å².